The van der Waals surface area contributed by atoms with Crippen LogP contribution in [0.15, 0.2) is 42.5 Å². The van der Waals surface area contributed by atoms with E-state index in [4.69, 9.17) is 10.5 Å². The van der Waals surface area contributed by atoms with Crippen molar-refractivity contribution in [3.8, 4) is 16.9 Å². The van der Waals surface area contributed by atoms with Gasteiger partial charge in [-0.2, -0.15) is 5.10 Å². The van der Waals surface area contributed by atoms with Gasteiger partial charge in [-0.15, -0.1) is 11.3 Å². The first kappa shape index (κ1) is 27.9. The number of allylic oxidation sites excluding steroid dienone is 4. The fourth-order valence-corrected chi connectivity index (χ4v) is 5.72. The van der Waals surface area contributed by atoms with Gasteiger partial charge in [-0.25, -0.2) is 17.7 Å². The number of pyridine rings is 1. The quantitative estimate of drug-likeness (QED) is 0.324. The Bertz CT molecular complexity index is 1420. The molecule has 204 valence electrons. The van der Waals surface area contributed by atoms with Crippen molar-refractivity contribution in [1.82, 2.24) is 14.9 Å². The number of alkyl halides is 2. The molecule has 3 aromatic rings. The van der Waals surface area contributed by atoms with Gasteiger partial charge in [0.1, 0.15) is 16.8 Å². The molecule has 1 aliphatic rings. The molecule has 1 aliphatic carbocycles. The molecule has 0 spiro atoms. The molecule has 0 aromatic carbocycles. The number of carbonyl (C=O) groups is 1. The average molecular weight is 547 g/mol. The number of hydrogen-bond donors (Lipinski definition) is 2. The predicted molar refractivity (Wildman–Crippen MR) is 146 cm³/mol. The van der Waals surface area contributed by atoms with Gasteiger partial charge in [0.2, 0.25) is 0 Å². The molecule has 6 nitrogen and oxygen atoms in total. The highest BCUT2D eigenvalue weighted by atomic mass is 32.1. The number of rotatable bonds is 7. The molecule has 4 rings (SSSR count). The molecule has 3 aromatic heterocycles. The third-order valence-corrected chi connectivity index (χ3v) is 8.47. The fourth-order valence-electron chi connectivity index (χ4n) is 4.79. The molecule has 1 fully saturated rings. The van der Waals surface area contributed by atoms with Crippen LogP contribution in [0.4, 0.5) is 13.2 Å². The van der Waals surface area contributed by atoms with Gasteiger partial charge in [0.05, 0.1) is 24.0 Å². The van der Waals surface area contributed by atoms with Crippen LogP contribution in [0, 0.1) is 6.92 Å². The second-order valence-corrected chi connectivity index (χ2v) is 11.2. The van der Waals surface area contributed by atoms with Crippen molar-refractivity contribution in [2.24, 2.45) is 5.73 Å². The van der Waals surface area contributed by atoms with Crippen LogP contribution in [0.5, 0.6) is 5.75 Å². The van der Waals surface area contributed by atoms with Crippen molar-refractivity contribution in [2.75, 3.05) is 7.11 Å². The number of carbonyl (C=O) groups excluding carboxylic acids is 1. The molecule has 0 bridgehead atoms. The lowest BCUT2D eigenvalue weighted by Gasteiger charge is -2.45. The maximum absolute atomic E-state index is 14.8. The van der Waals surface area contributed by atoms with E-state index in [1.165, 1.54) is 24.3 Å². The van der Waals surface area contributed by atoms with E-state index in [-0.39, 0.29) is 12.2 Å². The van der Waals surface area contributed by atoms with Crippen LogP contribution in [0.25, 0.3) is 22.2 Å². The van der Waals surface area contributed by atoms with Crippen molar-refractivity contribution in [1.29, 1.82) is 0 Å². The molecule has 0 radical (unpaired) electrons. The first-order chi connectivity index (χ1) is 17.9. The second-order valence-electron chi connectivity index (χ2n) is 9.91. The smallest absolute Gasteiger partial charge is 0.271 e. The van der Waals surface area contributed by atoms with Gasteiger partial charge in [0.15, 0.2) is 0 Å². The minimum atomic E-state index is -3.10. The molecule has 1 amide bonds. The number of aromatic nitrogens is 2. The minimum absolute atomic E-state index is 0.213. The van der Waals surface area contributed by atoms with Gasteiger partial charge < -0.3 is 15.8 Å². The first-order valence-corrected chi connectivity index (χ1v) is 13.4. The summed E-state index contributed by atoms with van der Waals surface area (Å²) >= 11 is 1.22. The van der Waals surface area contributed by atoms with E-state index < -0.39 is 23.4 Å². The number of thiophene rings is 1. The van der Waals surface area contributed by atoms with Crippen LogP contribution in [0.2, 0.25) is 0 Å². The molecule has 3 N–H and O–H groups in total. The zero-order valence-electron chi connectivity index (χ0n) is 22.2. The summed E-state index contributed by atoms with van der Waals surface area (Å²) in [7, 11) is 1.55. The molecule has 2 atom stereocenters. The Hall–Kier alpha value is -3.11. The Morgan fingerprint density at radius 3 is 2.74 bits per heavy atom. The largest absolute Gasteiger partial charge is 0.494 e. The van der Waals surface area contributed by atoms with E-state index in [1.54, 1.807) is 36.9 Å². The average Bonchev–Trinajstić information content (AvgIpc) is 3.48. The zero-order chi connectivity index (χ0) is 27.8. The van der Waals surface area contributed by atoms with Gasteiger partial charge in [-0.1, -0.05) is 13.0 Å². The molecule has 38 heavy (non-hydrogen) atoms. The number of amides is 1. The van der Waals surface area contributed by atoms with E-state index in [9.17, 15) is 18.0 Å². The normalized spacial score (nSPS) is 22.1. The van der Waals surface area contributed by atoms with Crippen LogP contribution >= 0.6 is 11.3 Å². The molecule has 0 aliphatic heterocycles. The Labute approximate surface area is 224 Å². The topological polar surface area (TPSA) is 81.6 Å². The lowest BCUT2D eigenvalue weighted by molar-refractivity contribution is -0.113. The monoisotopic (exact) mass is 546 g/mol. The van der Waals surface area contributed by atoms with Gasteiger partial charge in [0, 0.05) is 34.7 Å². The maximum atomic E-state index is 14.8. The highest BCUT2D eigenvalue weighted by molar-refractivity contribution is 7.14. The number of hydrogen-bond acceptors (Lipinski definition) is 5. The van der Waals surface area contributed by atoms with Crippen LogP contribution in [0.3, 0.4) is 0 Å². The standard InChI is InChI=1S/C28H33F3N4O2S/c1-6-19(29)10-9-16(2)18-12-22(37-5)25-21(14-33-35(25)15-18)20-13-23(38-17(20)3)26(36)34-27(4)24(32)8-7-11-28(27,30)31/h9-10,12-15,24H,6-8,11,32H2,1-5H3,(H,34,36). The predicted octanol–water partition coefficient (Wildman–Crippen LogP) is 6.68. The summed E-state index contributed by atoms with van der Waals surface area (Å²) in [6.45, 7) is 6.82. The van der Waals surface area contributed by atoms with E-state index in [0.29, 0.717) is 35.4 Å². The van der Waals surface area contributed by atoms with Crippen molar-refractivity contribution in [3.05, 3.63) is 57.8 Å². The lowest BCUT2D eigenvalue weighted by Crippen LogP contribution is -2.69. The van der Waals surface area contributed by atoms with Crippen molar-refractivity contribution in [3.63, 3.8) is 0 Å². The first-order valence-electron chi connectivity index (χ1n) is 12.6. The Morgan fingerprint density at radius 1 is 1.34 bits per heavy atom. The molecule has 3 heterocycles. The highest BCUT2D eigenvalue weighted by Gasteiger charge is 2.56. The van der Waals surface area contributed by atoms with Crippen LogP contribution in [0.1, 0.15) is 66.6 Å². The summed E-state index contributed by atoms with van der Waals surface area (Å²) in [6, 6.07) is 2.70. The number of ether oxygens (including phenoxy) is 1. The molecular formula is C28H33F3N4O2S. The second kappa shape index (κ2) is 10.6. The van der Waals surface area contributed by atoms with Gasteiger partial charge in [-0.05, 0) is 69.4 Å². The fraction of sp³-hybridized carbons (Fsp3) is 0.429. The SMILES string of the molecule is CCC(F)=CC=C(C)c1cc(OC)c2c(-c3cc(C(=O)NC4(C)C(N)CCCC4(F)F)sc3C)cnn2c1. The van der Waals surface area contributed by atoms with E-state index in [0.717, 1.165) is 27.1 Å². The van der Waals surface area contributed by atoms with Gasteiger partial charge >= 0.3 is 0 Å². The van der Waals surface area contributed by atoms with E-state index >= 15 is 0 Å². The molecule has 0 saturated heterocycles. The molecule has 2 unspecified atom stereocenters. The number of nitrogens with two attached hydrogens (primary N) is 1. The highest BCUT2D eigenvalue weighted by Crippen LogP contribution is 2.42. The summed E-state index contributed by atoms with van der Waals surface area (Å²) in [5.74, 6) is -3.34. The number of fused-ring (bicyclic) bond motifs is 1. The van der Waals surface area contributed by atoms with E-state index in [1.807, 2.05) is 26.1 Å². The third kappa shape index (κ3) is 4.99. The summed E-state index contributed by atoms with van der Waals surface area (Å²) in [6.07, 6.45) is 7.41. The summed E-state index contributed by atoms with van der Waals surface area (Å²) in [5.41, 5.74) is 8.06. The maximum Gasteiger partial charge on any atom is 0.271 e. The number of methoxy groups -OCH3 is 1. The van der Waals surface area contributed by atoms with Crippen LogP contribution < -0.4 is 15.8 Å². The third-order valence-electron chi connectivity index (χ3n) is 7.42. The van der Waals surface area contributed by atoms with Crippen molar-refractivity contribution < 1.29 is 22.7 Å². The number of aryl methyl sites for hydroxylation is 1. The van der Waals surface area contributed by atoms with Crippen LogP contribution in [-0.4, -0.2) is 40.1 Å². The molecule has 1 saturated carbocycles. The number of halogens is 3. The summed E-state index contributed by atoms with van der Waals surface area (Å²) < 4.78 is 50.6. The van der Waals surface area contributed by atoms with Crippen LogP contribution in [-0.2, 0) is 0 Å². The molecular weight excluding hydrogens is 513 g/mol. The van der Waals surface area contributed by atoms with Crippen molar-refractivity contribution >= 4 is 28.3 Å². The van der Waals surface area contributed by atoms with Crippen molar-refractivity contribution in [2.45, 2.75) is 70.9 Å². The number of nitrogens with zero attached hydrogens (tertiary/aromatic N) is 2. The minimum Gasteiger partial charge on any atom is -0.494 e. The Morgan fingerprint density at radius 2 is 2.08 bits per heavy atom. The zero-order valence-corrected chi connectivity index (χ0v) is 23.0. The molecule has 10 heteroatoms. The summed E-state index contributed by atoms with van der Waals surface area (Å²) in [5, 5.41) is 7.05. The van der Waals surface area contributed by atoms with Gasteiger partial charge in [0.25, 0.3) is 11.8 Å². The number of nitrogens with one attached hydrogen (secondary N) is 1. The van der Waals surface area contributed by atoms with E-state index in [2.05, 4.69) is 10.4 Å². The summed E-state index contributed by atoms with van der Waals surface area (Å²) in [4.78, 5) is 14.3. The lowest BCUT2D eigenvalue weighted by atomic mass is 9.76. The Balaban J connectivity index is 1.69. The van der Waals surface area contributed by atoms with Gasteiger partial charge in [-0.3, -0.25) is 4.79 Å². The Kier molecular flexibility index (Phi) is 7.76.